The number of hydrogen-bond acceptors (Lipinski definition) is 4. The summed E-state index contributed by atoms with van der Waals surface area (Å²) < 4.78 is 38.1. The number of thiazole rings is 1. The van der Waals surface area contributed by atoms with Crippen LogP contribution in [0.4, 0.5) is 24.0 Å². The summed E-state index contributed by atoms with van der Waals surface area (Å²) in [4.78, 5) is 16.1. The molecule has 2 rings (SSSR count). The van der Waals surface area contributed by atoms with E-state index in [4.69, 9.17) is 0 Å². The molecule has 1 heterocycles. The maximum absolute atomic E-state index is 12.7. The van der Waals surface area contributed by atoms with Crippen LogP contribution in [0.25, 0.3) is 0 Å². The monoisotopic (exact) mass is 329 g/mol. The van der Waals surface area contributed by atoms with Crippen LogP contribution in [0.1, 0.15) is 19.4 Å². The summed E-state index contributed by atoms with van der Waals surface area (Å²) in [5.74, 6) is -0.389. The van der Waals surface area contributed by atoms with Gasteiger partial charge in [-0.2, -0.15) is 13.2 Å². The number of anilines is 2. The molecule has 0 fully saturated rings. The molecule has 0 spiro atoms. The Hall–Kier alpha value is -2.09. The molecular formula is C14H14F3N3OS. The summed E-state index contributed by atoms with van der Waals surface area (Å²) >= 11 is 1.26. The Balaban J connectivity index is 2.12. The van der Waals surface area contributed by atoms with Crippen LogP contribution >= 0.6 is 11.3 Å². The minimum atomic E-state index is -4.43. The minimum Gasteiger partial charge on any atom is -0.372 e. The van der Waals surface area contributed by atoms with Crippen LogP contribution in [0.15, 0.2) is 35.8 Å². The number of amides is 1. The Morgan fingerprint density at radius 3 is 2.59 bits per heavy atom. The summed E-state index contributed by atoms with van der Waals surface area (Å²) in [6.45, 7) is 3.16. The largest absolute Gasteiger partial charge is 0.416 e. The number of carbonyl (C=O) groups excluding carboxylic acids is 1. The SMILES string of the molecule is CC(C)(Nc1cccc(C(F)(F)F)c1)C(=O)Nc1nccs1. The van der Waals surface area contributed by atoms with Crippen molar-refractivity contribution in [2.75, 3.05) is 10.6 Å². The summed E-state index contributed by atoms with van der Waals surface area (Å²) in [5, 5.41) is 7.56. The molecule has 22 heavy (non-hydrogen) atoms. The molecule has 0 aliphatic heterocycles. The third-order valence-corrected chi connectivity index (χ3v) is 3.56. The van der Waals surface area contributed by atoms with E-state index in [1.807, 2.05) is 0 Å². The Morgan fingerprint density at radius 1 is 1.27 bits per heavy atom. The number of nitrogens with one attached hydrogen (secondary N) is 2. The quantitative estimate of drug-likeness (QED) is 0.892. The average Bonchev–Trinajstić information content (AvgIpc) is 2.90. The molecule has 1 amide bonds. The molecule has 0 aliphatic rings. The first-order chi connectivity index (χ1) is 10.2. The molecule has 0 saturated carbocycles. The van der Waals surface area contributed by atoms with Crippen molar-refractivity contribution in [3.8, 4) is 0 Å². The van der Waals surface area contributed by atoms with Crippen molar-refractivity contribution in [1.82, 2.24) is 4.98 Å². The molecule has 4 nitrogen and oxygen atoms in total. The van der Waals surface area contributed by atoms with Gasteiger partial charge in [-0.05, 0) is 32.0 Å². The minimum absolute atomic E-state index is 0.217. The van der Waals surface area contributed by atoms with Crippen LogP contribution < -0.4 is 10.6 Å². The molecule has 1 aromatic heterocycles. The summed E-state index contributed by atoms with van der Waals surface area (Å²) in [5.41, 5.74) is -1.65. The zero-order valence-corrected chi connectivity index (χ0v) is 12.7. The molecule has 1 aromatic carbocycles. The van der Waals surface area contributed by atoms with Gasteiger partial charge in [-0.15, -0.1) is 11.3 Å². The first-order valence-corrected chi connectivity index (χ1v) is 7.23. The maximum Gasteiger partial charge on any atom is 0.416 e. The van der Waals surface area contributed by atoms with Gasteiger partial charge in [0.1, 0.15) is 5.54 Å². The lowest BCUT2D eigenvalue weighted by Crippen LogP contribution is -2.44. The van der Waals surface area contributed by atoms with Crippen molar-refractivity contribution >= 4 is 28.1 Å². The van der Waals surface area contributed by atoms with E-state index in [1.54, 1.807) is 25.4 Å². The lowest BCUT2D eigenvalue weighted by atomic mass is 10.0. The van der Waals surface area contributed by atoms with E-state index in [2.05, 4.69) is 15.6 Å². The van der Waals surface area contributed by atoms with Crippen molar-refractivity contribution in [3.63, 3.8) is 0 Å². The molecule has 118 valence electrons. The first kappa shape index (κ1) is 16.3. The number of carbonyl (C=O) groups is 1. The van der Waals surface area contributed by atoms with Crippen LogP contribution in [0, 0.1) is 0 Å². The Labute approximate surface area is 129 Å². The fourth-order valence-electron chi connectivity index (χ4n) is 1.73. The van der Waals surface area contributed by atoms with Gasteiger partial charge in [0, 0.05) is 17.3 Å². The normalized spacial score (nSPS) is 12.0. The third kappa shape index (κ3) is 3.97. The second kappa shape index (κ2) is 5.96. The van der Waals surface area contributed by atoms with Crippen molar-refractivity contribution in [3.05, 3.63) is 41.4 Å². The highest BCUT2D eigenvalue weighted by molar-refractivity contribution is 7.13. The molecule has 2 aromatic rings. The van der Waals surface area contributed by atoms with E-state index in [0.717, 1.165) is 12.1 Å². The Bertz CT molecular complexity index is 654. The molecular weight excluding hydrogens is 315 g/mol. The smallest absolute Gasteiger partial charge is 0.372 e. The first-order valence-electron chi connectivity index (χ1n) is 6.35. The molecule has 0 saturated heterocycles. The number of nitrogens with zero attached hydrogens (tertiary/aromatic N) is 1. The predicted molar refractivity (Wildman–Crippen MR) is 79.9 cm³/mol. The third-order valence-electron chi connectivity index (χ3n) is 2.87. The average molecular weight is 329 g/mol. The number of benzene rings is 1. The second-order valence-corrected chi connectivity index (χ2v) is 6.01. The number of hydrogen-bond donors (Lipinski definition) is 2. The Kier molecular flexibility index (Phi) is 4.41. The highest BCUT2D eigenvalue weighted by Crippen LogP contribution is 2.31. The molecule has 0 radical (unpaired) electrons. The standard InChI is InChI=1S/C14H14F3N3OS/c1-13(2,11(21)19-12-18-6-7-22-12)20-10-5-3-4-9(8-10)14(15,16)17/h3-8,20H,1-2H3,(H,18,19,21). The van der Waals surface area contributed by atoms with E-state index in [-0.39, 0.29) is 11.6 Å². The van der Waals surface area contributed by atoms with Gasteiger partial charge in [-0.3, -0.25) is 10.1 Å². The highest BCUT2D eigenvalue weighted by Gasteiger charge is 2.32. The van der Waals surface area contributed by atoms with Gasteiger partial charge in [-0.1, -0.05) is 6.07 Å². The van der Waals surface area contributed by atoms with Gasteiger partial charge in [0.2, 0.25) is 0 Å². The van der Waals surface area contributed by atoms with Crippen LogP contribution in [0.3, 0.4) is 0 Å². The van der Waals surface area contributed by atoms with Crippen LogP contribution in [0.2, 0.25) is 0 Å². The summed E-state index contributed by atoms with van der Waals surface area (Å²) in [7, 11) is 0. The van der Waals surface area contributed by atoms with Gasteiger partial charge in [-0.25, -0.2) is 4.98 Å². The van der Waals surface area contributed by atoms with Gasteiger partial charge >= 0.3 is 6.18 Å². The van der Waals surface area contributed by atoms with Crippen LogP contribution in [0.5, 0.6) is 0 Å². The molecule has 0 atom stereocenters. The van der Waals surface area contributed by atoms with Crippen molar-refractivity contribution < 1.29 is 18.0 Å². The second-order valence-electron chi connectivity index (χ2n) is 5.12. The zero-order chi connectivity index (χ0) is 16.4. The van der Waals surface area contributed by atoms with E-state index in [1.165, 1.54) is 23.5 Å². The van der Waals surface area contributed by atoms with Crippen LogP contribution in [-0.2, 0) is 11.0 Å². The van der Waals surface area contributed by atoms with Gasteiger partial charge in [0.15, 0.2) is 5.13 Å². The number of halogens is 3. The fourth-order valence-corrected chi connectivity index (χ4v) is 2.25. The fraction of sp³-hybridized carbons (Fsp3) is 0.286. The highest BCUT2D eigenvalue weighted by atomic mass is 32.1. The molecule has 2 N–H and O–H groups in total. The number of alkyl halides is 3. The topological polar surface area (TPSA) is 54.0 Å². The predicted octanol–water partition coefficient (Wildman–Crippen LogP) is 3.99. The van der Waals surface area contributed by atoms with E-state index >= 15 is 0 Å². The van der Waals surface area contributed by atoms with Gasteiger partial charge in [0.25, 0.3) is 5.91 Å². The molecule has 0 bridgehead atoms. The van der Waals surface area contributed by atoms with Crippen molar-refractivity contribution in [1.29, 1.82) is 0 Å². The lowest BCUT2D eigenvalue weighted by molar-refractivity contribution is -0.137. The lowest BCUT2D eigenvalue weighted by Gasteiger charge is -2.26. The molecule has 8 heteroatoms. The zero-order valence-electron chi connectivity index (χ0n) is 11.9. The van der Waals surface area contributed by atoms with E-state index in [0.29, 0.717) is 5.13 Å². The van der Waals surface area contributed by atoms with Crippen LogP contribution in [-0.4, -0.2) is 16.4 Å². The van der Waals surface area contributed by atoms with E-state index in [9.17, 15) is 18.0 Å². The summed E-state index contributed by atoms with van der Waals surface area (Å²) in [6.07, 6.45) is -2.88. The summed E-state index contributed by atoms with van der Waals surface area (Å²) in [6, 6.07) is 4.72. The molecule has 0 unspecified atom stereocenters. The Morgan fingerprint density at radius 2 is 2.00 bits per heavy atom. The maximum atomic E-state index is 12.7. The van der Waals surface area contributed by atoms with Gasteiger partial charge in [0.05, 0.1) is 5.56 Å². The van der Waals surface area contributed by atoms with Crippen molar-refractivity contribution in [2.24, 2.45) is 0 Å². The number of aromatic nitrogens is 1. The molecule has 0 aliphatic carbocycles. The van der Waals surface area contributed by atoms with E-state index < -0.39 is 17.3 Å². The number of rotatable bonds is 4. The van der Waals surface area contributed by atoms with Crippen molar-refractivity contribution in [2.45, 2.75) is 25.6 Å². The van der Waals surface area contributed by atoms with Gasteiger partial charge < -0.3 is 5.32 Å².